The molecule has 0 spiro atoms. The molecule has 9 nitrogen and oxygen atoms in total. The van der Waals surface area contributed by atoms with Crippen LogP contribution in [0.25, 0.3) is 0 Å². The second kappa shape index (κ2) is 9.86. The average molecular weight is 471 g/mol. The number of nitrogens with one attached hydrogen (secondary N) is 2. The Balaban J connectivity index is 1.69. The Labute approximate surface area is 192 Å². The zero-order chi connectivity index (χ0) is 24.2. The van der Waals surface area contributed by atoms with Gasteiger partial charge in [-0.1, -0.05) is 18.2 Å². The van der Waals surface area contributed by atoms with Gasteiger partial charge >= 0.3 is 5.97 Å². The summed E-state index contributed by atoms with van der Waals surface area (Å²) >= 11 is 0. The minimum absolute atomic E-state index is 0.0187. The van der Waals surface area contributed by atoms with Crippen LogP contribution in [0.2, 0.25) is 0 Å². The fourth-order valence-corrected chi connectivity index (χ4v) is 4.47. The summed E-state index contributed by atoms with van der Waals surface area (Å²) in [5, 5.41) is 6.75. The standard InChI is InChI=1S/C23H26N4O5S/c1-15(2)27-21(10-11-24-27)25-22(28)14-32-23(29)18-9-8-17(4)20(13-18)33(30,31)26-19-7-5-6-16(3)12-19/h5-13,15,26H,14H2,1-4H3,(H,25,28). The molecule has 0 saturated carbocycles. The first-order valence-corrected chi connectivity index (χ1v) is 11.8. The molecular formula is C23H26N4O5S. The molecule has 2 aromatic carbocycles. The first-order chi connectivity index (χ1) is 15.6. The minimum Gasteiger partial charge on any atom is -0.452 e. The molecule has 3 aromatic rings. The van der Waals surface area contributed by atoms with E-state index in [9.17, 15) is 18.0 Å². The van der Waals surface area contributed by atoms with Crippen molar-refractivity contribution < 1.29 is 22.7 Å². The predicted octanol–water partition coefficient (Wildman–Crippen LogP) is 3.68. The van der Waals surface area contributed by atoms with Crippen LogP contribution in [0.5, 0.6) is 0 Å². The molecule has 0 unspecified atom stereocenters. The molecule has 1 heterocycles. The molecule has 1 aromatic heterocycles. The Kier molecular flexibility index (Phi) is 7.17. The average Bonchev–Trinajstić information content (AvgIpc) is 3.20. The molecule has 0 saturated heterocycles. The number of amides is 1. The highest BCUT2D eigenvalue weighted by atomic mass is 32.2. The molecule has 10 heteroatoms. The van der Waals surface area contributed by atoms with Crippen molar-refractivity contribution in [3.05, 3.63) is 71.4 Å². The molecule has 1 amide bonds. The second-order valence-electron chi connectivity index (χ2n) is 7.83. The van der Waals surface area contributed by atoms with E-state index in [-0.39, 0.29) is 16.5 Å². The van der Waals surface area contributed by atoms with Gasteiger partial charge in [0.25, 0.3) is 15.9 Å². The topological polar surface area (TPSA) is 119 Å². The Hall–Kier alpha value is -3.66. The number of carbonyl (C=O) groups excluding carboxylic acids is 2. The zero-order valence-corrected chi connectivity index (χ0v) is 19.6. The number of aromatic nitrogens is 2. The van der Waals surface area contributed by atoms with E-state index in [1.54, 1.807) is 42.1 Å². The Morgan fingerprint density at radius 1 is 1.09 bits per heavy atom. The van der Waals surface area contributed by atoms with E-state index >= 15 is 0 Å². The van der Waals surface area contributed by atoms with Crippen molar-refractivity contribution in [2.75, 3.05) is 16.6 Å². The van der Waals surface area contributed by atoms with Crippen molar-refractivity contribution in [2.45, 2.75) is 38.6 Å². The number of nitrogens with zero attached hydrogens (tertiary/aromatic N) is 2. The van der Waals surface area contributed by atoms with E-state index in [4.69, 9.17) is 4.74 Å². The molecule has 0 aliphatic carbocycles. The van der Waals surface area contributed by atoms with Gasteiger partial charge in [-0.15, -0.1) is 0 Å². The smallest absolute Gasteiger partial charge is 0.338 e. The maximum atomic E-state index is 12.9. The molecule has 0 radical (unpaired) electrons. The number of sulfonamides is 1. The van der Waals surface area contributed by atoms with Gasteiger partial charge in [-0.2, -0.15) is 5.10 Å². The van der Waals surface area contributed by atoms with E-state index in [1.807, 2.05) is 26.8 Å². The van der Waals surface area contributed by atoms with Gasteiger partial charge in [0.1, 0.15) is 5.82 Å². The van der Waals surface area contributed by atoms with Crippen LogP contribution in [-0.2, 0) is 19.6 Å². The summed E-state index contributed by atoms with van der Waals surface area (Å²) in [4.78, 5) is 24.6. The lowest BCUT2D eigenvalue weighted by molar-refractivity contribution is -0.119. The van der Waals surface area contributed by atoms with Crippen LogP contribution in [0.1, 0.15) is 41.4 Å². The molecule has 2 N–H and O–H groups in total. The van der Waals surface area contributed by atoms with Crippen molar-refractivity contribution in [1.29, 1.82) is 0 Å². The highest BCUT2D eigenvalue weighted by Gasteiger charge is 2.21. The quantitative estimate of drug-likeness (QED) is 0.485. The SMILES string of the molecule is Cc1cccc(NS(=O)(=O)c2cc(C(=O)OCC(=O)Nc3ccnn3C(C)C)ccc2C)c1. The molecule has 174 valence electrons. The largest absolute Gasteiger partial charge is 0.452 e. The van der Waals surface area contributed by atoms with Crippen LogP contribution < -0.4 is 10.0 Å². The normalized spacial score (nSPS) is 11.3. The summed E-state index contributed by atoms with van der Waals surface area (Å²) in [5.74, 6) is -0.863. The maximum absolute atomic E-state index is 12.9. The predicted molar refractivity (Wildman–Crippen MR) is 125 cm³/mol. The molecule has 0 fully saturated rings. The number of hydrogen-bond donors (Lipinski definition) is 2. The number of hydrogen-bond acceptors (Lipinski definition) is 6. The monoisotopic (exact) mass is 470 g/mol. The Morgan fingerprint density at radius 3 is 2.55 bits per heavy atom. The number of anilines is 2. The first-order valence-electron chi connectivity index (χ1n) is 10.3. The van der Waals surface area contributed by atoms with Gasteiger partial charge in [-0.05, 0) is 63.1 Å². The second-order valence-corrected chi connectivity index (χ2v) is 9.49. The number of rotatable bonds is 8. The number of benzene rings is 2. The third kappa shape index (κ3) is 5.98. The fraction of sp³-hybridized carbons (Fsp3) is 0.261. The van der Waals surface area contributed by atoms with Gasteiger partial charge in [-0.3, -0.25) is 9.52 Å². The molecular weight excluding hydrogens is 444 g/mol. The molecule has 0 aliphatic rings. The summed E-state index contributed by atoms with van der Waals surface area (Å²) in [6, 6.07) is 12.8. The van der Waals surface area contributed by atoms with Gasteiger partial charge in [-0.25, -0.2) is 17.9 Å². The molecule has 0 aliphatic heterocycles. The molecule has 0 atom stereocenters. The number of esters is 1. The molecule has 33 heavy (non-hydrogen) atoms. The van der Waals surface area contributed by atoms with Gasteiger partial charge in [0.05, 0.1) is 16.7 Å². The highest BCUT2D eigenvalue weighted by Crippen LogP contribution is 2.22. The van der Waals surface area contributed by atoms with Crippen molar-refractivity contribution in [1.82, 2.24) is 9.78 Å². The zero-order valence-electron chi connectivity index (χ0n) is 18.8. The van der Waals surface area contributed by atoms with Gasteiger partial charge < -0.3 is 10.1 Å². The third-order valence-corrected chi connectivity index (χ3v) is 6.27. The summed E-state index contributed by atoms with van der Waals surface area (Å²) < 4.78 is 35.0. The minimum atomic E-state index is -3.94. The third-order valence-electron chi connectivity index (χ3n) is 4.74. The van der Waals surface area contributed by atoms with E-state index in [0.29, 0.717) is 17.1 Å². The van der Waals surface area contributed by atoms with Gasteiger partial charge in [0.2, 0.25) is 0 Å². The van der Waals surface area contributed by atoms with Crippen LogP contribution in [0.15, 0.2) is 59.6 Å². The van der Waals surface area contributed by atoms with Gasteiger partial charge in [0, 0.05) is 17.8 Å². The van der Waals surface area contributed by atoms with Gasteiger partial charge in [0.15, 0.2) is 6.61 Å². The Bertz CT molecular complexity index is 1280. The van der Waals surface area contributed by atoms with Crippen LogP contribution >= 0.6 is 0 Å². The van der Waals surface area contributed by atoms with Crippen LogP contribution in [-0.4, -0.2) is 36.7 Å². The fourth-order valence-electron chi connectivity index (χ4n) is 3.15. The van der Waals surface area contributed by atoms with Crippen molar-refractivity contribution in [2.24, 2.45) is 0 Å². The molecule has 3 rings (SSSR count). The lowest BCUT2D eigenvalue weighted by atomic mass is 10.1. The number of ether oxygens (including phenoxy) is 1. The van der Waals surface area contributed by atoms with E-state index < -0.39 is 28.5 Å². The first kappa shape index (κ1) is 24.0. The van der Waals surface area contributed by atoms with Crippen LogP contribution in [0, 0.1) is 13.8 Å². The van der Waals surface area contributed by atoms with Crippen molar-refractivity contribution in [3.8, 4) is 0 Å². The molecule has 0 bridgehead atoms. The van der Waals surface area contributed by atoms with Crippen LogP contribution in [0.4, 0.5) is 11.5 Å². The van der Waals surface area contributed by atoms with Crippen molar-refractivity contribution >= 4 is 33.4 Å². The van der Waals surface area contributed by atoms with Crippen molar-refractivity contribution in [3.63, 3.8) is 0 Å². The summed E-state index contributed by atoms with van der Waals surface area (Å²) in [7, 11) is -3.94. The van der Waals surface area contributed by atoms with E-state index in [2.05, 4.69) is 15.1 Å². The summed E-state index contributed by atoms with van der Waals surface area (Å²) in [6.45, 7) is 6.79. The Morgan fingerprint density at radius 2 is 1.85 bits per heavy atom. The highest BCUT2D eigenvalue weighted by molar-refractivity contribution is 7.92. The maximum Gasteiger partial charge on any atom is 0.338 e. The lowest BCUT2D eigenvalue weighted by Crippen LogP contribution is -2.23. The van der Waals surface area contributed by atoms with Crippen LogP contribution in [0.3, 0.4) is 0 Å². The van der Waals surface area contributed by atoms with E-state index in [1.165, 1.54) is 18.2 Å². The summed E-state index contributed by atoms with van der Waals surface area (Å²) in [6.07, 6.45) is 1.56. The van der Waals surface area contributed by atoms with E-state index in [0.717, 1.165) is 5.56 Å². The number of aryl methyl sites for hydroxylation is 2. The number of carbonyl (C=O) groups is 2. The lowest BCUT2D eigenvalue weighted by Gasteiger charge is -2.13. The summed E-state index contributed by atoms with van der Waals surface area (Å²) in [5.41, 5.74) is 1.80.